The Balaban J connectivity index is 1.91. The summed E-state index contributed by atoms with van der Waals surface area (Å²) in [7, 11) is 0. The lowest BCUT2D eigenvalue weighted by atomic mass is 10.2. The highest BCUT2D eigenvalue weighted by Crippen LogP contribution is 2.16. The van der Waals surface area contributed by atoms with E-state index < -0.39 is 0 Å². The molecule has 0 spiro atoms. The Morgan fingerprint density at radius 2 is 1.68 bits per heavy atom. The van der Waals surface area contributed by atoms with Crippen molar-refractivity contribution in [1.82, 2.24) is 5.32 Å². The largest absolute Gasteiger partial charge is 0.493 e. The molecule has 2 amide bonds. The minimum absolute atomic E-state index is 0.0751. The van der Waals surface area contributed by atoms with Crippen LogP contribution in [0.5, 0.6) is 5.75 Å². The molecule has 0 heterocycles. The zero-order valence-corrected chi connectivity index (χ0v) is 17.1. The molecular formula is C21H25N3O3S. The van der Waals surface area contributed by atoms with Crippen molar-refractivity contribution in [2.45, 2.75) is 27.2 Å². The van der Waals surface area contributed by atoms with Crippen LogP contribution < -0.4 is 20.7 Å². The van der Waals surface area contributed by atoms with Gasteiger partial charge in [-0.05, 0) is 60.6 Å². The molecule has 0 atom stereocenters. The van der Waals surface area contributed by atoms with E-state index in [1.807, 2.05) is 0 Å². The highest BCUT2D eigenvalue weighted by molar-refractivity contribution is 7.80. The molecule has 0 aliphatic rings. The highest BCUT2D eigenvalue weighted by Gasteiger charge is 2.09. The van der Waals surface area contributed by atoms with Crippen molar-refractivity contribution in [3.63, 3.8) is 0 Å². The first kappa shape index (κ1) is 21.4. The lowest BCUT2D eigenvalue weighted by Crippen LogP contribution is -2.34. The molecule has 2 aromatic carbocycles. The van der Waals surface area contributed by atoms with E-state index in [-0.39, 0.29) is 16.9 Å². The van der Waals surface area contributed by atoms with Gasteiger partial charge in [-0.2, -0.15) is 0 Å². The number of thiocarbonyl (C=S) groups is 1. The fourth-order valence-electron chi connectivity index (χ4n) is 2.23. The summed E-state index contributed by atoms with van der Waals surface area (Å²) in [6, 6.07) is 14.0. The van der Waals surface area contributed by atoms with Crippen molar-refractivity contribution in [2.24, 2.45) is 5.92 Å². The van der Waals surface area contributed by atoms with Crippen molar-refractivity contribution in [3.8, 4) is 5.75 Å². The second-order valence-electron chi connectivity index (χ2n) is 6.62. The minimum atomic E-state index is -0.316. The average molecular weight is 400 g/mol. The van der Waals surface area contributed by atoms with Crippen LogP contribution in [0.3, 0.4) is 0 Å². The van der Waals surface area contributed by atoms with Crippen LogP contribution in [0.2, 0.25) is 0 Å². The van der Waals surface area contributed by atoms with Gasteiger partial charge in [0.2, 0.25) is 5.91 Å². The molecule has 6 nitrogen and oxygen atoms in total. The van der Waals surface area contributed by atoms with Gasteiger partial charge in [-0.15, -0.1) is 0 Å². The lowest BCUT2D eigenvalue weighted by Gasteiger charge is -2.12. The van der Waals surface area contributed by atoms with Gasteiger partial charge in [0.1, 0.15) is 5.75 Å². The van der Waals surface area contributed by atoms with Crippen LogP contribution in [0.4, 0.5) is 11.4 Å². The van der Waals surface area contributed by atoms with Crippen LogP contribution in [-0.4, -0.2) is 23.5 Å². The van der Waals surface area contributed by atoms with Crippen molar-refractivity contribution in [2.75, 3.05) is 17.2 Å². The Labute approximate surface area is 170 Å². The first-order valence-electron chi connectivity index (χ1n) is 9.12. The molecular weight excluding hydrogens is 374 g/mol. The normalized spacial score (nSPS) is 10.3. The molecule has 2 rings (SSSR count). The predicted molar refractivity (Wildman–Crippen MR) is 116 cm³/mol. The third kappa shape index (κ3) is 7.00. The van der Waals surface area contributed by atoms with Crippen molar-refractivity contribution < 1.29 is 14.3 Å². The van der Waals surface area contributed by atoms with Crippen LogP contribution in [0.25, 0.3) is 0 Å². The quantitative estimate of drug-likeness (QED) is 0.608. The van der Waals surface area contributed by atoms with Gasteiger partial charge in [-0.25, -0.2) is 0 Å². The summed E-state index contributed by atoms with van der Waals surface area (Å²) in [5.41, 5.74) is 1.80. The molecule has 0 bridgehead atoms. The van der Waals surface area contributed by atoms with E-state index in [1.165, 1.54) is 0 Å². The molecule has 7 heteroatoms. The number of anilines is 2. The van der Waals surface area contributed by atoms with Crippen molar-refractivity contribution in [1.29, 1.82) is 0 Å². The highest BCUT2D eigenvalue weighted by atomic mass is 32.1. The Morgan fingerprint density at radius 1 is 1.04 bits per heavy atom. The summed E-state index contributed by atoms with van der Waals surface area (Å²) < 4.78 is 5.61. The van der Waals surface area contributed by atoms with Gasteiger partial charge in [0.15, 0.2) is 5.11 Å². The molecule has 28 heavy (non-hydrogen) atoms. The first-order chi connectivity index (χ1) is 13.4. The van der Waals surface area contributed by atoms with Gasteiger partial charge in [0.25, 0.3) is 5.91 Å². The summed E-state index contributed by atoms with van der Waals surface area (Å²) in [5, 5.41) is 8.52. The second-order valence-corrected chi connectivity index (χ2v) is 7.03. The molecule has 0 fully saturated rings. The Hall–Kier alpha value is -2.93. The van der Waals surface area contributed by atoms with E-state index in [4.69, 9.17) is 17.0 Å². The van der Waals surface area contributed by atoms with Crippen molar-refractivity contribution in [3.05, 3.63) is 54.1 Å². The predicted octanol–water partition coefficient (Wildman–Crippen LogP) is 4.20. The van der Waals surface area contributed by atoms with E-state index >= 15 is 0 Å². The topological polar surface area (TPSA) is 79.5 Å². The Bertz CT molecular complexity index is 835. The zero-order chi connectivity index (χ0) is 20.5. The van der Waals surface area contributed by atoms with Crippen LogP contribution in [0.1, 0.15) is 37.6 Å². The fraction of sp³-hybridized carbons (Fsp3) is 0.286. The van der Waals surface area contributed by atoms with Gasteiger partial charge < -0.3 is 15.4 Å². The maximum Gasteiger partial charge on any atom is 0.257 e. The summed E-state index contributed by atoms with van der Waals surface area (Å²) in [4.78, 5) is 23.8. The molecule has 0 unspecified atom stereocenters. The SMILES string of the molecule is CCC(=O)Nc1cccc(NC(=S)NC(=O)c2ccc(OCC(C)C)cc2)c1. The standard InChI is InChI=1S/C21H25N3O3S/c1-4-19(25)22-16-6-5-7-17(12-16)23-21(28)24-20(26)15-8-10-18(11-9-15)27-13-14(2)3/h5-12,14H,4,13H2,1-3H3,(H,22,25)(H2,23,24,26,28). The molecule has 3 N–H and O–H groups in total. The van der Waals surface area contributed by atoms with Crippen LogP contribution in [0, 0.1) is 5.92 Å². The number of nitrogens with one attached hydrogen (secondary N) is 3. The summed E-state index contributed by atoms with van der Waals surface area (Å²) in [6.45, 7) is 6.55. The van der Waals surface area contributed by atoms with Crippen molar-refractivity contribution >= 4 is 40.5 Å². The van der Waals surface area contributed by atoms with Crippen LogP contribution in [0.15, 0.2) is 48.5 Å². The molecule has 0 radical (unpaired) electrons. The molecule has 0 saturated carbocycles. The number of hydrogen-bond acceptors (Lipinski definition) is 4. The minimum Gasteiger partial charge on any atom is -0.493 e. The maximum absolute atomic E-state index is 12.3. The first-order valence-corrected chi connectivity index (χ1v) is 9.53. The van der Waals surface area contributed by atoms with E-state index in [0.29, 0.717) is 35.9 Å². The third-order valence-corrected chi connectivity index (χ3v) is 3.86. The molecule has 0 aromatic heterocycles. The molecule has 148 valence electrons. The Kier molecular flexibility index (Phi) is 7.95. The summed E-state index contributed by atoms with van der Waals surface area (Å²) in [5.74, 6) is 0.759. The third-order valence-electron chi connectivity index (χ3n) is 3.65. The monoisotopic (exact) mass is 399 g/mol. The molecule has 0 saturated heterocycles. The lowest BCUT2D eigenvalue weighted by molar-refractivity contribution is -0.115. The number of benzene rings is 2. The molecule has 0 aliphatic heterocycles. The second kappa shape index (κ2) is 10.4. The number of amides is 2. The van der Waals surface area contributed by atoms with Gasteiger partial charge in [0, 0.05) is 23.4 Å². The number of carbonyl (C=O) groups is 2. The van der Waals surface area contributed by atoms with E-state index in [2.05, 4.69) is 29.8 Å². The number of carbonyl (C=O) groups excluding carboxylic acids is 2. The van der Waals surface area contributed by atoms with Gasteiger partial charge in [-0.3, -0.25) is 14.9 Å². The smallest absolute Gasteiger partial charge is 0.257 e. The van der Waals surface area contributed by atoms with Gasteiger partial charge in [0.05, 0.1) is 6.61 Å². The number of ether oxygens (including phenoxy) is 1. The number of hydrogen-bond donors (Lipinski definition) is 3. The molecule has 0 aliphatic carbocycles. The van der Waals surface area contributed by atoms with Crippen LogP contribution >= 0.6 is 12.2 Å². The Morgan fingerprint density at radius 3 is 2.29 bits per heavy atom. The van der Waals surface area contributed by atoms with E-state index in [9.17, 15) is 9.59 Å². The van der Waals surface area contributed by atoms with Gasteiger partial charge >= 0.3 is 0 Å². The molecule has 2 aromatic rings. The van der Waals surface area contributed by atoms with E-state index in [0.717, 1.165) is 5.75 Å². The van der Waals surface area contributed by atoms with Crippen LogP contribution in [-0.2, 0) is 4.79 Å². The fourth-order valence-corrected chi connectivity index (χ4v) is 2.44. The maximum atomic E-state index is 12.3. The summed E-state index contributed by atoms with van der Waals surface area (Å²) >= 11 is 5.21. The average Bonchev–Trinajstić information content (AvgIpc) is 2.66. The number of rotatable bonds is 7. The summed E-state index contributed by atoms with van der Waals surface area (Å²) in [6.07, 6.45) is 0.396. The van der Waals surface area contributed by atoms with Gasteiger partial charge in [-0.1, -0.05) is 26.8 Å². The zero-order valence-electron chi connectivity index (χ0n) is 16.2. The van der Waals surface area contributed by atoms with E-state index in [1.54, 1.807) is 55.5 Å².